The van der Waals surface area contributed by atoms with E-state index in [1.54, 1.807) is 0 Å². The third-order valence-corrected chi connectivity index (χ3v) is 7.12. The molecule has 1 atom stereocenters. The van der Waals surface area contributed by atoms with Crippen LogP contribution in [0.25, 0.3) is 0 Å². The van der Waals surface area contributed by atoms with E-state index in [1.165, 1.54) is 5.56 Å². The molecule has 2 aliphatic rings. The Kier molecular flexibility index (Phi) is 7.05. The minimum atomic E-state index is -0.349. The SMILES string of the molecule is CC(C)CNC(=O)CN1c2ccccc2NC2=C(C(=O)CC(C)(C)C2)C1c1ccc(C(C)(C)C)cc1. The van der Waals surface area contributed by atoms with Crippen LogP contribution in [-0.4, -0.2) is 24.8 Å². The van der Waals surface area contributed by atoms with Crippen molar-refractivity contribution in [3.05, 3.63) is 70.9 Å². The van der Waals surface area contributed by atoms with Gasteiger partial charge in [0.25, 0.3) is 0 Å². The summed E-state index contributed by atoms with van der Waals surface area (Å²) in [4.78, 5) is 29.1. The topological polar surface area (TPSA) is 61.4 Å². The van der Waals surface area contributed by atoms with Crippen molar-refractivity contribution < 1.29 is 9.59 Å². The van der Waals surface area contributed by atoms with Crippen molar-refractivity contribution in [3.8, 4) is 0 Å². The third-order valence-electron chi connectivity index (χ3n) is 7.12. The number of ketones is 1. The number of Topliss-reactive ketones (excluding diaryl/α,β-unsaturated/α-hetero) is 1. The fourth-order valence-electron chi connectivity index (χ4n) is 5.27. The highest BCUT2D eigenvalue weighted by atomic mass is 16.2. The molecule has 0 saturated heterocycles. The van der Waals surface area contributed by atoms with E-state index in [0.717, 1.165) is 34.6 Å². The first-order valence-corrected chi connectivity index (χ1v) is 13.1. The molecule has 1 aliphatic heterocycles. The Morgan fingerprint density at radius 1 is 1.08 bits per heavy atom. The second-order valence-corrected chi connectivity index (χ2v) is 12.6. The summed E-state index contributed by atoms with van der Waals surface area (Å²) < 4.78 is 0. The smallest absolute Gasteiger partial charge is 0.239 e. The molecule has 2 aromatic carbocycles. The number of carbonyl (C=O) groups is 2. The predicted octanol–water partition coefficient (Wildman–Crippen LogP) is 6.37. The number of nitrogens with zero attached hydrogens (tertiary/aromatic N) is 1. The second-order valence-electron chi connectivity index (χ2n) is 12.6. The first-order valence-electron chi connectivity index (χ1n) is 13.1. The number of hydrogen-bond acceptors (Lipinski definition) is 4. The molecule has 0 aromatic heterocycles. The van der Waals surface area contributed by atoms with Crippen molar-refractivity contribution in [2.24, 2.45) is 11.3 Å². The number of rotatable bonds is 5. The lowest BCUT2D eigenvalue weighted by Crippen LogP contribution is -2.42. The Morgan fingerprint density at radius 2 is 1.75 bits per heavy atom. The van der Waals surface area contributed by atoms with Crippen molar-refractivity contribution in [1.82, 2.24) is 5.32 Å². The summed E-state index contributed by atoms with van der Waals surface area (Å²) in [5.41, 5.74) is 5.79. The average molecular weight is 488 g/mol. The third kappa shape index (κ3) is 5.50. The Balaban J connectivity index is 1.88. The maximum Gasteiger partial charge on any atom is 0.239 e. The van der Waals surface area contributed by atoms with Gasteiger partial charge in [-0.3, -0.25) is 9.59 Å². The molecule has 1 unspecified atom stereocenters. The van der Waals surface area contributed by atoms with Gasteiger partial charge < -0.3 is 15.5 Å². The molecule has 1 amide bonds. The molecule has 5 heteroatoms. The van der Waals surface area contributed by atoms with Crippen LogP contribution in [0.5, 0.6) is 0 Å². The number of fused-ring (bicyclic) bond motifs is 1. The van der Waals surface area contributed by atoms with E-state index in [2.05, 4.69) is 88.3 Å². The van der Waals surface area contributed by atoms with Gasteiger partial charge >= 0.3 is 0 Å². The van der Waals surface area contributed by atoms with Crippen LogP contribution in [0, 0.1) is 11.3 Å². The number of carbonyl (C=O) groups excluding carboxylic acids is 2. The molecule has 4 rings (SSSR count). The normalized spacial score (nSPS) is 19.4. The molecule has 1 aliphatic carbocycles. The van der Waals surface area contributed by atoms with Crippen LogP contribution >= 0.6 is 0 Å². The Morgan fingerprint density at radius 3 is 2.39 bits per heavy atom. The maximum absolute atomic E-state index is 13.8. The number of benzene rings is 2. The van der Waals surface area contributed by atoms with E-state index in [0.29, 0.717) is 18.9 Å². The molecule has 2 N–H and O–H groups in total. The van der Waals surface area contributed by atoms with Crippen molar-refractivity contribution in [2.75, 3.05) is 23.3 Å². The number of hydrogen-bond donors (Lipinski definition) is 2. The lowest BCUT2D eigenvalue weighted by Gasteiger charge is -2.38. The van der Waals surface area contributed by atoms with Gasteiger partial charge in [0.15, 0.2) is 5.78 Å². The van der Waals surface area contributed by atoms with E-state index in [9.17, 15) is 9.59 Å². The Hall–Kier alpha value is -3.08. The summed E-state index contributed by atoms with van der Waals surface area (Å²) in [5, 5.41) is 6.70. The lowest BCUT2D eigenvalue weighted by atomic mass is 9.73. The zero-order valence-corrected chi connectivity index (χ0v) is 22.9. The first kappa shape index (κ1) is 26.0. The summed E-state index contributed by atoms with van der Waals surface area (Å²) in [5.74, 6) is 0.478. The van der Waals surface area contributed by atoms with Crippen molar-refractivity contribution in [2.45, 2.75) is 72.8 Å². The molecular weight excluding hydrogens is 446 g/mol. The van der Waals surface area contributed by atoms with Gasteiger partial charge in [0.05, 0.1) is 24.0 Å². The average Bonchev–Trinajstić information content (AvgIpc) is 2.91. The molecule has 2 aromatic rings. The van der Waals surface area contributed by atoms with Gasteiger partial charge in [-0.05, 0) is 46.4 Å². The molecular formula is C31H41N3O2. The summed E-state index contributed by atoms with van der Waals surface area (Å²) in [7, 11) is 0. The van der Waals surface area contributed by atoms with Gasteiger partial charge in [-0.2, -0.15) is 0 Å². The zero-order valence-electron chi connectivity index (χ0n) is 22.9. The number of anilines is 2. The van der Waals surface area contributed by atoms with Crippen LogP contribution in [0.3, 0.4) is 0 Å². The van der Waals surface area contributed by atoms with Crippen molar-refractivity contribution >= 4 is 23.1 Å². The van der Waals surface area contributed by atoms with E-state index in [4.69, 9.17) is 0 Å². The molecule has 0 saturated carbocycles. The molecule has 5 nitrogen and oxygen atoms in total. The number of amides is 1. The molecule has 0 fully saturated rings. The summed E-state index contributed by atoms with van der Waals surface area (Å²) in [6, 6.07) is 16.3. The Bertz CT molecular complexity index is 1170. The molecule has 36 heavy (non-hydrogen) atoms. The minimum absolute atomic E-state index is 0.0294. The summed E-state index contributed by atoms with van der Waals surface area (Å²) in [6.45, 7) is 15.9. The summed E-state index contributed by atoms with van der Waals surface area (Å²) >= 11 is 0. The maximum atomic E-state index is 13.8. The van der Waals surface area contributed by atoms with Crippen LogP contribution in [0.15, 0.2) is 59.8 Å². The molecule has 0 bridgehead atoms. The quantitative estimate of drug-likeness (QED) is 0.514. The fraction of sp³-hybridized carbons (Fsp3) is 0.484. The van der Waals surface area contributed by atoms with Gasteiger partial charge in [-0.15, -0.1) is 0 Å². The van der Waals surface area contributed by atoms with Gasteiger partial charge in [0, 0.05) is 24.2 Å². The molecule has 1 heterocycles. The van der Waals surface area contributed by atoms with Crippen molar-refractivity contribution in [3.63, 3.8) is 0 Å². The van der Waals surface area contributed by atoms with E-state index >= 15 is 0 Å². The monoisotopic (exact) mass is 487 g/mol. The molecule has 0 spiro atoms. The number of allylic oxidation sites excluding steroid dienone is 1. The first-order chi connectivity index (χ1) is 16.9. The molecule has 192 valence electrons. The van der Waals surface area contributed by atoms with Crippen LogP contribution in [0.2, 0.25) is 0 Å². The summed E-state index contributed by atoms with van der Waals surface area (Å²) in [6.07, 6.45) is 1.28. The molecule has 0 radical (unpaired) electrons. The minimum Gasteiger partial charge on any atom is -0.357 e. The highest BCUT2D eigenvalue weighted by molar-refractivity contribution is 6.01. The predicted molar refractivity (Wildman–Crippen MR) is 148 cm³/mol. The largest absolute Gasteiger partial charge is 0.357 e. The van der Waals surface area contributed by atoms with Crippen LogP contribution in [0.4, 0.5) is 11.4 Å². The van der Waals surface area contributed by atoms with Gasteiger partial charge in [-0.25, -0.2) is 0 Å². The van der Waals surface area contributed by atoms with Crippen LogP contribution < -0.4 is 15.5 Å². The second kappa shape index (κ2) is 9.76. The fourth-order valence-corrected chi connectivity index (χ4v) is 5.27. The Labute approximate surface area is 216 Å². The van der Waals surface area contributed by atoms with Crippen LogP contribution in [-0.2, 0) is 15.0 Å². The van der Waals surface area contributed by atoms with E-state index in [1.807, 2.05) is 24.3 Å². The highest BCUT2D eigenvalue weighted by Crippen LogP contribution is 2.48. The standard InChI is InChI=1S/C31H41N3O2/c1-20(2)18-32-27(36)19-34-25-11-9-8-10-23(25)33-24-16-31(6,7)17-26(35)28(24)29(34)21-12-14-22(15-13-21)30(3,4)5/h8-15,20,29,33H,16-19H2,1-7H3,(H,32,36). The van der Waals surface area contributed by atoms with Gasteiger partial charge in [-0.1, -0.05) is 84.9 Å². The highest BCUT2D eigenvalue weighted by Gasteiger charge is 2.41. The van der Waals surface area contributed by atoms with Gasteiger partial charge in [0.2, 0.25) is 5.91 Å². The van der Waals surface area contributed by atoms with E-state index in [-0.39, 0.29) is 35.1 Å². The van der Waals surface area contributed by atoms with E-state index < -0.39 is 0 Å². The van der Waals surface area contributed by atoms with Crippen LogP contribution in [0.1, 0.15) is 78.5 Å². The number of para-hydroxylation sites is 2. The zero-order chi connectivity index (χ0) is 26.3. The van der Waals surface area contributed by atoms with Gasteiger partial charge in [0.1, 0.15) is 0 Å². The lowest BCUT2D eigenvalue weighted by molar-refractivity contribution is -0.120. The number of nitrogens with one attached hydrogen (secondary N) is 2. The van der Waals surface area contributed by atoms with Crippen molar-refractivity contribution in [1.29, 1.82) is 0 Å².